The van der Waals surface area contributed by atoms with Crippen LogP contribution in [0.15, 0.2) is 91.3 Å². The molecule has 0 saturated heterocycles. The zero-order chi connectivity index (χ0) is 28.5. The Labute approximate surface area is 237 Å². The van der Waals surface area contributed by atoms with Crippen molar-refractivity contribution in [3.63, 3.8) is 0 Å². The van der Waals surface area contributed by atoms with Crippen LogP contribution in [0.25, 0.3) is 11.1 Å². The lowest BCUT2D eigenvalue weighted by Gasteiger charge is -2.15. The maximum Gasteiger partial charge on any atom is 0.248 e. The molecule has 3 aromatic carbocycles. The highest BCUT2D eigenvalue weighted by Gasteiger charge is 2.13. The SMILES string of the molecule is CN(C)C/C=C/C(=O)Nc1ccc(-c2cncc(C#N)c2Nc2ccc(OCc3cccc(F)c3)c(Cl)c2)cc1. The molecule has 0 aliphatic carbocycles. The van der Waals surface area contributed by atoms with Crippen molar-refractivity contribution < 1.29 is 13.9 Å². The van der Waals surface area contributed by atoms with E-state index in [9.17, 15) is 14.4 Å². The number of benzene rings is 3. The number of nitrogens with one attached hydrogen (secondary N) is 2. The van der Waals surface area contributed by atoms with Crippen LogP contribution in [0, 0.1) is 17.1 Å². The minimum Gasteiger partial charge on any atom is -0.487 e. The highest BCUT2D eigenvalue weighted by atomic mass is 35.5. The van der Waals surface area contributed by atoms with E-state index in [1.165, 1.54) is 24.4 Å². The van der Waals surface area contributed by atoms with Crippen molar-refractivity contribution in [3.8, 4) is 22.9 Å². The Hall–Kier alpha value is -4.71. The van der Waals surface area contributed by atoms with Crippen LogP contribution in [0.3, 0.4) is 0 Å². The molecule has 0 atom stereocenters. The summed E-state index contributed by atoms with van der Waals surface area (Å²) in [7, 11) is 3.85. The molecule has 4 rings (SSSR count). The van der Waals surface area contributed by atoms with E-state index in [1.54, 1.807) is 54.7 Å². The second kappa shape index (κ2) is 13.4. The molecule has 9 heteroatoms. The molecule has 0 bridgehead atoms. The van der Waals surface area contributed by atoms with Gasteiger partial charge in [-0.2, -0.15) is 5.26 Å². The number of amides is 1. The number of anilines is 3. The van der Waals surface area contributed by atoms with Crippen molar-refractivity contribution in [2.75, 3.05) is 31.3 Å². The zero-order valence-corrected chi connectivity index (χ0v) is 22.7. The lowest BCUT2D eigenvalue weighted by atomic mass is 10.0. The topological polar surface area (TPSA) is 90.3 Å². The number of pyridine rings is 1. The Morgan fingerprint density at radius 3 is 2.58 bits per heavy atom. The number of hydrogen-bond donors (Lipinski definition) is 2. The number of rotatable bonds is 10. The van der Waals surface area contributed by atoms with E-state index in [2.05, 4.69) is 21.7 Å². The number of nitriles is 1. The summed E-state index contributed by atoms with van der Waals surface area (Å²) in [6.07, 6.45) is 6.44. The molecule has 4 aromatic rings. The summed E-state index contributed by atoms with van der Waals surface area (Å²) in [5, 5.41) is 16.2. The molecular weight excluding hydrogens is 529 g/mol. The van der Waals surface area contributed by atoms with Crippen LogP contribution in [0.5, 0.6) is 5.75 Å². The maximum atomic E-state index is 13.4. The van der Waals surface area contributed by atoms with Gasteiger partial charge < -0.3 is 20.3 Å². The third-order valence-electron chi connectivity index (χ3n) is 5.75. The minimum atomic E-state index is -0.333. The molecule has 0 aliphatic heterocycles. The predicted molar refractivity (Wildman–Crippen MR) is 156 cm³/mol. The van der Waals surface area contributed by atoms with Gasteiger partial charge in [0.25, 0.3) is 0 Å². The van der Waals surface area contributed by atoms with Crippen molar-refractivity contribution >= 4 is 34.6 Å². The first-order valence-electron chi connectivity index (χ1n) is 12.4. The second-order valence-electron chi connectivity index (χ2n) is 9.14. The first-order valence-corrected chi connectivity index (χ1v) is 12.7. The summed E-state index contributed by atoms with van der Waals surface area (Å²) < 4.78 is 19.2. The van der Waals surface area contributed by atoms with Gasteiger partial charge in [0.1, 0.15) is 24.2 Å². The smallest absolute Gasteiger partial charge is 0.248 e. The first-order chi connectivity index (χ1) is 19.3. The highest BCUT2D eigenvalue weighted by molar-refractivity contribution is 6.32. The average molecular weight is 556 g/mol. The molecule has 1 aromatic heterocycles. The first kappa shape index (κ1) is 28.3. The van der Waals surface area contributed by atoms with Gasteiger partial charge in [-0.3, -0.25) is 9.78 Å². The summed E-state index contributed by atoms with van der Waals surface area (Å²) in [6, 6.07) is 20.8. The quantitative estimate of drug-likeness (QED) is 0.209. The summed E-state index contributed by atoms with van der Waals surface area (Å²) >= 11 is 6.47. The van der Waals surface area contributed by atoms with Crippen LogP contribution in [0.1, 0.15) is 11.1 Å². The Morgan fingerprint density at radius 1 is 1.10 bits per heavy atom. The normalized spacial score (nSPS) is 10.9. The summed E-state index contributed by atoms with van der Waals surface area (Å²) in [6.45, 7) is 0.834. The van der Waals surface area contributed by atoms with Gasteiger partial charge in [0.15, 0.2) is 0 Å². The number of carbonyl (C=O) groups excluding carboxylic acids is 1. The van der Waals surface area contributed by atoms with Crippen LogP contribution >= 0.6 is 11.6 Å². The third kappa shape index (κ3) is 7.67. The number of aromatic nitrogens is 1. The highest BCUT2D eigenvalue weighted by Crippen LogP contribution is 2.35. The van der Waals surface area contributed by atoms with E-state index in [4.69, 9.17) is 16.3 Å². The number of halogens is 2. The largest absolute Gasteiger partial charge is 0.487 e. The molecule has 0 fully saturated rings. The summed E-state index contributed by atoms with van der Waals surface area (Å²) in [5.41, 5.74) is 4.38. The monoisotopic (exact) mass is 555 g/mol. The predicted octanol–water partition coefficient (Wildman–Crippen LogP) is 6.79. The second-order valence-corrected chi connectivity index (χ2v) is 9.55. The van der Waals surface area contributed by atoms with Crippen molar-refractivity contribution in [1.82, 2.24) is 9.88 Å². The van der Waals surface area contributed by atoms with Crippen LogP contribution in [-0.4, -0.2) is 36.4 Å². The molecule has 7 nitrogen and oxygen atoms in total. The standard InChI is InChI=1S/C31H27ClFN5O2/c1-38(2)14-4-7-30(39)36-25-10-8-22(9-11-25)27-19-35-18-23(17-34)31(27)37-26-12-13-29(28(32)16-26)40-20-21-5-3-6-24(33)15-21/h3-13,15-16,18-19H,14,20H2,1-2H3,(H,35,37)(H,36,39)/b7-4+. The van der Waals surface area contributed by atoms with Gasteiger partial charge in [0, 0.05) is 42.0 Å². The molecule has 1 heterocycles. The Balaban J connectivity index is 1.50. The van der Waals surface area contributed by atoms with E-state index in [-0.39, 0.29) is 18.3 Å². The van der Waals surface area contributed by atoms with Crippen LogP contribution in [-0.2, 0) is 11.4 Å². The third-order valence-corrected chi connectivity index (χ3v) is 6.05. The van der Waals surface area contributed by atoms with Gasteiger partial charge in [-0.25, -0.2) is 4.39 Å². The van der Waals surface area contributed by atoms with E-state index in [0.29, 0.717) is 51.1 Å². The molecule has 40 heavy (non-hydrogen) atoms. The molecule has 1 amide bonds. The number of carbonyl (C=O) groups is 1. The van der Waals surface area contributed by atoms with E-state index < -0.39 is 0 Å². The number of hydrogen-bond acceptors (Lipinski definition) is 6. The number of nitrogens with zero attached hydrogens (tertiary/aromatic N) is 3. The van der Waals surface area contributed by atoms with Crippen LogP contribution in [0.2, 0.25) is 5.02 Å². The minimum absolute atomic E-state index is 0.167. The van der Waals surface area contributed by atoms with Crippen molar-refractivity contribution in [1.29, 1.82) is 5.26 Å². The Morgan fingerprint density at radius 2 is 1.88 bits per heavy atom. The van der Waals surface area contributed by atoms with E-state index in [1.807, 2.05) is 31.1 Å². The summed E-state index contributed by atoms with van der Waals surface area (Å²) in [4.78, 5) is 18.3. The van der Waals surface area contributed by atoms with E-state index in [0.717, 1.165) is 5.56 Å². The number of ether oxygens (including phenoxy) is 1. The molecular formula is C31H27ClFN5O2. The van der Waals surface area contributed by atoms with Gasteiger partial charge >= 0.3 is 0 Å². The fraction of sp³-hybridized carbons (Fsp3) is 0.129. The van der Waals surface area contributed by atoms with Gasteiger partial charge in [0.05, 0.1) is 16.3 Å². The lowest BCUT2D eigenvalue weighted by Crippen LogP contribution is -2.12. The molecule has 2 N–H and O–H groups in total. The molecule has 0 aliphatic rings. The maximum absolute atomic E-state index is 13.4. The van der Waals surface area contributed by atoms with Crippen LogP contribution < -0.4 is 15.4 Å². The molecule has 0 spiro atoms. The van der Waals surface area contributed by atoms with Crippen molar-refractivity contribution in [2.45, 2.75) is 6.61 Å². The van der Waals surface area contributed by atoms with Gasteiger partial charge in [-0.15, -0.1) is 0 Å². The summed E-state index contributed by atoms with van der Waals surface area (Å²) in [5.74, 6) is -0.105. The fourth-order valence-corrected chi connectivity index (χ4v) is 4.05. The average Bonchev–Trinajstić information content (AvgIpc) is 2.93. The van der Waals surface area contributed by atoms with Crippen molar-refractivity contribution in [3.05, 3.63) is 113 Å². The molecule has 0 radical (unpaired) electrons. The van der Waals surface area contributed by atoms with E-state index >= 15 is 0 Å². The number of likely N-dealkylation sites (N-methyl/N-ethyl adjacent to an activating group) is 1. The van der Waals surface area contributed by atoms with Gasteiger partial charge in [-0.1, -0.05) is 41.9 Å². The molecule has 202 valence electrons. The lowest BCUT2D eigenvalue weighted by molar-refractivity contribution is -0.111. The van der Waals surface area contributed by atoms with Crippen LogP contribution in [0.4, 0.5) is 21.5 Å². The Bertz CT molecular complexity index is 1570. The molecule has 0 saturated carbocycles. The van der Waals surface area contributed by atoms with Crippen molar-refractivity contribution in [2.24, 2.45) is 0 Å². The zero-order valence-electron chi connectivity index (χ0n) is 22.0. The fourth-order valence-electron chi connectivity index (χ4n) is 3.81. The molecule has 0 unspecified atom stereocenters. The Kier molecular flexibility index (Phi) is 9.47. The van der Waals surface area contributed by atoms with Gasteiger partial charge in [-0.05, 0) is 67.7 Å². The van der Waals surface area contributed by atoms with Gasteiger partial charge in [0.2, 0.25) is 5.91 Å².